The van der Waals surface area contributed by atoms with E-state index in [0.717, 1.165) is 44.9 Å². The van der Waals surface area contributed by atoms with E-state index in [0.29, 0.717) is 36.5 Å². The molecule has 0 aromatic rings. The zero-order valence-electron chi connectivity index (χ0n) is 31.4. The normalized spacial score (nSPS) is 55.2. The Balaban J connectivity index is 1.04. The van der Waals surface area contributed by atoms with E-state index in [4.69, 9.17) is 23.7 Å². The van der Waals surface area contributed by atoms with Gasteiger partial charge in [0.1, 0.15) is 42.7 Å². The van der Waals surface area contributed by atoms with Crippen LogP contribution in [0.1, 0.15) is 92.4 Å². The van der Waals surface area contributed by atoms with Crippen LogP contribution < -0.4 is 0 Å². The molecule has 0 amide bonds. The highest BCUT2D eigenvalue weighted by Gasteiger charge is 2.68. The Labute approximate surface area is 307 Å². The fourth-order valence-corrected chi connectivity index (χ4v) is 12.0. The minimum Gasteiger partial charge on any atom is -0.396 e. The van der Waals surface area contributed by atoms with Crippen molar-refractivity contribution in [3.8, 4) is 0 Å². The highest BCUT2D eigenvalue weighted by atomic mass is 16.8. The van der Waals surface area contributed by atoms with Crippen molar-refractivity contribution in [1.29, 1.82) is 0 Å². The summed E-state index contributed by atoms with van der Waals surface area (Å²) in [5.41, 5.74) is 1.44. The van der Waals surface area contributed by atoms with Gasteiger partial charge >= 0.3 is 0 Å². The van der Waals surface area contributed by atoms with Crippen LogP contribution in [0.25, 0.3) is 0 Å². The second-order valence-corrected chi connectivity index (χ2v) is 18.2. The van der Waals surface area contributed by atoms with Crippen LogP contribution >= 0.6 is 0 Å². The first-order chi connectivity index (χ1) is 24.6. The summed E-state index contributed by atoms with van der Waals surface area (Å²) in [5, 5.41) is 84.0. The van der Waals surface area contributed by atoms with Gasteiger partial charge in [-0.05, 0) is 98.7 Å². The summed E-state index contributed by atoms with van der Waals surface area (Å²) in [4.78, 5) is 0. The zero-order chi connectivity index (χ0) is 37.5. The van der Waals surface area contributed by atoms with Crippen LogP contribution in [0.5, 0.6) is 0 Å². The maximum absolute atomic E-state index is 11.7. The molecule has 3 aliphatic heterocycles. The Kier molecular flexibility index (Phi) is 11.1. The molecule has 13 nitrogen and oxygen atoms in total. The first-order valence-corrected chi connectivity index (χ1v) is 19.9. The lowest BCUT2D eigenvalue weighted by molar-refractivity contribution is -0.369. The molecule has 6 fully saturated rings. The number of allylic oxidation sites excluding steroid dienone is 1. The molecule has 0 aromatic heterocycles. The smallest absolute Gasteiger partial charge is 0.187 e. The minimum atomic E-state index is -1.62. The van der Waals surface area contributed by atoms with Crippen molar-refractivity contribution in [3.63, 3.8) is 0 Å². The molecular formula is C39H64O13. The molecule has 2 unspecified atom stereocenters. The summed E-state index contributed by atoms with van der Waals surface area (Å²) >= 11 is 0. The lowest BCUT2D eigenvalue weighted by atomic mass is 9.47. The molecule has 298 valence electrons. The van der Waals surface area contributed by atoms with Crippen molar-refractivity contribution in [3.05, 3.63) is 11.6 Å². The van der Waals surface area contributed by atoms with Gasteiger partial charge in [0.25, 0.3) is 0 Å². The summed E-state index contributed by atoms with van der Waals surface area (Å²) in [6.07, 6.45) is -3.65. The van der Waals surface area contributed by atoms with Gasteiger partial charge in [-0.1, -0.05) is 39.3 Å². The van der Waals surface area contributed by atoms with Crippen LogP contribution in [0.4, 0.5) is 0 Å². The molecule has 3 saturated heterocycles. The summed E-state index contributed by atoms with van der Waals surface area (Å²) in [7, 11) is 0. The van der Waals surface area contributed by atoms with E-state index in [-0.39, 0.29) is 41.5 Å². The van der Waals surface area contributed by atoms with Crippen molar-refractivity contribution in [2.45, 2.75) is 172 Å². The Morgan fingerprint density at radius 1 is 0.885 bits per heavy atom. The van der Waals surface area contributed by atoms with E-state index in [1.807, 2.05) is 6.92 Å². The van der Waals surface area contributed by atoms with Crippen molar-refractivity contribution < 1.29 is 64.5 Å². The van der Waals surface area contributed by atoms with Crippen molar-refractivity contribution >= 4 is 0 Å². The average molecular weight is 741 g/mol. The van der Waals surface area contributed by atoms with Crippen molar-refractivity contribution in [2.75, 3.05) is 13.2 Å². The molecule has 8 N–H and O–H groups in total. The number of rotatable bonds is 9. The van der Waals surface area contributed by atoms with Gasteiger partial charge < -0.3 is 64.5 Å². The molecule has 0 radical (unpaired) electrons. The standard InChI is InChI=1S/C39H64O13/c1-18(16-40)8-13-39(47)19(2)28-26(52-39)15-25-23-7-6-21-14-22(9-11-37(21,4)24(23)10-12-38(25,28)5)49-36-34(32(45)30(43)27(17-41)50-36)51-35-33(46)31(44)29(42)20(3)48-35/h6,18-20,22-36,40-47H,7-17H2,1-5H3/t18?,19-,20+,22-,23+,24-,25-,26-,27+,28-,29+,30+,31-,32-,33-,34+,35-,36+,37-,38-,39?/m0/s1. The van der Waals surface area contributed by atoms with Gasteiger partial charge in [0.15, 0.2) is 18.4 Å². The zero-order valence-corrected chi connectivity index (χ0v) is 31.4. The molecule has 21 atom stereocenters. The quantitative estimate of drug-likeness (QED) is 0.157. The Morgan fingerprint density at radius 3 is 2.35 bits per heavy atom. The van der Waals surface area contributed by atoms with E-state index in [1.165, 1.54) is 12.5 Å². The van der Waals surface area contributed by atoms with Crippen LogP contribution in [0.15, 0.2) is 11.6 Å². The number of hydrogen-bond acceptors (Lipinski definition) is 13. The molecule has 52 heavy (non-hydrogen) atoms. The van der Waals surface area contributed by atoms with E-state index in [2.05, 4.69) is 26.8 Å². The Bertz CT molecular complexity index is 1300. The Morgan fingerprint density at radius 2 is 1.63 bits per heavy atom. The van der Waals surface area contributed by atoms with Gasteiger partial charge in [-0.3, -0.25) is 0 Å². The predicted molar refractivity (Wildman–Crippen MR) is 185 cm³/mol. The number of hydrogen-bond donors (Lipinski definition) is 8. The summed E-state index contributed by atoms with van der Waals surface area (Å²) in [6, 6.07) is 0. The van der Waals surface area contributed by atoms with E-state index >= 15 is 0 Å². The lowest BCUT2D eigenvalue weighted by Gasteiger charge is -2.58. The molecule has 0 aromatic carbocycles. The van der Waals surface area contributed by atoms with Crippen LogP contribution in [-0.2, 0) is 23.7 Å². The molecule has 0 bridgehead atoms. The molecule has 4 aliphatic carbocycles. The number of aliphatic hydroxyl groups is 8. The molecule has 3 heterocycles. The topological polar surface area (TPSA) is 208 Å². The first-order valence-electron chi connectivity index (χ1n) is 19.9. The fourth-order valence-electron chi connectivity index (χ4n) is 12.0. The molecule has 7 rings (SSSR count). The van der Waals surface area contributed by atoms with E-state index < -0.39 is 73.8 Å². The summed E-state index contributed by atoms with van der Waals surface area (Å²) < 4.78 is 30.6. The maximum Gasteiger partial charge on any atom is 0.187 e. The van der Waals surface area contributed by atoms with Gasteiger partial charge in [0.2, 0.25) is 0 Å². The van der Waals surface area contributed by atoms with Gasteiger partial charge in [-0.15, -0.1) is 0 Å². The SMILES string of the molecule is CC(CO)CCC1(O)O[C@H]2C[C@H]3[C@@H]4CC=C5C[C@@H](O[C@@H]6O[C@H](CO)[C@@H](O)[C@H](O)[C@H]6O[C@@H]6O[C@H](C)[C@@H](O)[C@H](O)[C@@H]6O)CC[C@]5(C)[C@H]4CC[C@]3(C)[C@H]2[C@@H]1C. The third kappa shape index (κ3) is 6.45. The lowest BCUT2D eigenvalue weighted by Crippen LogP contribution is -2.64. The molecule has 0 spiro atoms. The Hall–Kier alpha value is -0.780. The second-order valence-electron chi connectivity index (χ2n) is 18.2. The van der Waals surface area contributed by atoms with Gasteiger partial charge in [0.05, 0.1) is 24.9 Å². The van der Waals surface area contributed by atoms with Gasteiger partial charge in [0, 0.05) is 18.9 Å². The number of ether oxygens (including phenoxy) is 5. The highest BCUT2D eigenvalue weighted by molar-refractivity contribution is 5.26. The third-order valence-corrected chi connectivity index (χ3v) is 15.3. The van der Waals surface area contributed by atoms with E-state index in [1.54, 1.807) is 0 Å². The van der Waals surface area contributed by atoms with Crippen molar-refractivity contribution in [1.82, 2.24) is 0 Å². The predicted octanol–water partition coefficient (Wildman–Crippen LogP) is 1.34. The highest BCUT2D eigenvalue weighted by Crippen LogP contribution is 2.70. The molecule has 7 aliphatic rings. The van der Waals surface area contributed by atoms with Crippen molar-refractivity contribution in [2.24, 2.45) is 46.3 Å². The largest absolute Gasteiger partial charge is 0.396 e. The number of fused-ring (bicyclic) bond motifs is 7. The minimum absolute atomic E-state index is 0.00469. The molecular weight excluding hydrogens is 676 g/mol. The summed E-state index contributed by atoms with van der Waals surface area (Å²) in [5.74, 6) is 0.853. The monoisotopic (exact) mass is 740 g/mol. The van der Waals surface area contributed by atoms with Gasteiger partial charge in [-0.2, -0.15) is 0 Å². The van der Waals surface area contributed by atoms with Crippen LogP contribution in [0, 0.1) is 46.3 Å². The van der Waals surface area contributed by atoms with Crippen LogP contribution in [0.2, 0.25) is 0 Å². The molecule has 13 heteroatoms. The first kappa shape index (κ1) is 39.5. The van der Waals surface area contributed by atoms with Gasteiger partial charge in [-0.25, -0.2) is 0 Å². The third-order valence-electron chi connectivity index (χ3n) is 15.3. The van der Waals surface area contributed by atoms with E-state index in [9.17, 15) is 40.9 Å². The molecule has 3 saturated carbocycles. The summed E-state index contributed by atoms with van der Waals surface area (Å²) in [6.45, 7) is 10.1. The number of aliphatic hydroxyl groups excluding tert-OH is 7. The maximum atomic E-state index is 11.7. The van der Waals surface area contributed by atoms with Crippen LogP contribution in [0.3, 0.4) is 0 Å². The average Bonchev–Trinajstić information content (AvgIpc) is 3.56. The fraction of sp³-hybridized carbons (Fsp3) is 0.949. The second kappa shape index (κ2) is 14.6. The van der Waals surface area contributed by atoms with Crippen LogP contribution in [-0.4, -0.2) is 133 Å².